The Labute approximate surface area is 102 Å². The summed E-state index contributed by atoms with van der Waals surface area (Å²) in [5, 5.41) is 3.06. The van der Waals surface area contributed by atoms with Crippen molar-refractivity contribution in [2.24, 2.45) is 0 Å². The zero-order chi connectivity index (χ0) is 12.0. The van der Waals surface area contributed by atoms with Crippen LogP contribution in [0.25, 0.3) is 0 Å². The van der Waals surface area contributed by atoms with E-state index in [1.807, 2.05) is 24.3 Å². The van der Waals surface area contributed by atoms with Gasteiger partial charge < -0.3 is 5.32 Å². The smallest absolute Gasteiger partial charge is 0.149 e. The van der Waals surface area contributed by atoms with E-state index in [0.29, 0.717) is 12.4 Å². The minimum absolute atomic E-state index is 0.149. The number of hydrogen-bond donors (Lipinski definition) is 1. The number of hydrogen-bond acceptors (Lipinski definition) is 3. The minimum atomic E-state index is -2.89. The molecule has 0 radical (unpaired) electrons. The summed E-state index contributed by atoms with van der Waals surface area (Å²) in [5.41, 5.74) is 2.12. The molecule has 5 heteroatoms. The Morgan fingerprint density at radius 1 is 1.25 bits per heavy atom. The third-order valence-corrected chi connectivity index (χ3v) is 3.27. The maximum atomic E-state index is 10.9. The first kappa shape index (κ1) is 13.3. The molecule has 0 aromatic heterocycles. The first-order chi connectivity index (χ1) is 7.51. The van der Waals surface area contributed by atoms with E-state index in [1.54, 1.807) is 0 Å². The lowest BCUT2D eigenvalue weighted by molar-refractivity contribution is 0.602. The van der Waals surface area contributed by atoms with Crippen molar-refractivity contribution >= 4 is 27.1 Å². The lowest BCUT2D eigenvalue weighted by Crippen LogP contribution is -2.13. The lowest BCUT2D eigenvalue weighted by Gasteiger charge is -2.06. The Bertz CT molecular complexity index is 414. The molecule has 1 N–H and O–H groups in total. The first-order valence-corrected chi connectivity index (χ1v) is 7.67. The molecule has 90 valence electrons. The number of rotatable bonds is 6. The molecule has 0 aliphatic carbocycles. The highest BCUT2D eigenvalue weighted by atomic mass is 35.5. The van der Waals surface area contributed by atoms with Crippen molar-refractivity contribution in [3.05, 3.63) is 29.8 Å². The maximum absolute atomic E-state index is 10.9. The van der Waals surface area contributed by atoms with Crippen LogP contribution in [0.4, 0.5) is 5.69 Å². The number of anilines is 1. The van der Waals surface area contributed by atoms with E-state index in [4.69, 9.17) is 11.6 Å². The maximum Gasteiger partial charge on any atom is 0.149 e. The summed E-state index contributed by atoms with van der Waals surface area (Å²) in [5.74, 6) is 0.761. The van der Waals surface area contributed by atoms with Gasteiger partial charge in [0, 0.05) is 24.4 Å². The number of halogens is 1. The molecule has 0 saturated heterocycles. The molecule has 16 heavy (non-hydrogen) atoms. The molecule has 0 heterocycles. The van der Waals surface area contributed by atoms with Crippen molar-refractivity contribution in [1.82, 2.24) is 0 Å². The normalized spacial score (nSPS) is 11.4. The van der Waals surface area contributed by atoms with Crippen LogP contribution in [-0.2, 0) is 16.3 Å². The Hall–Kier alpha value is -0.740. The van der Waals surface area contributed by atoms with Crippen LogP contribution in [0.2, 0.25) is 0 Å². The van der Waals surface area contributed by atoms with Crippen molar-refractivity contribution in [3.63, 3.8) is 0 Å². The van der Waals surface area contributed by atoms with Gasteiger partial charge in [-0.2, -0.15) is 0 Å². The van der Waals surface area contributed by atoms with Gasteiger partial charge in [0.05, 0.1) is 5.75 Å². The summed E-state index contributed by atoms with van der Waals surface area (Å²) in [4.78, 5) is 0. The molecule has 0 aliphatic heterocycles. The third kappa shape index (κ3) is 5.37. The standard InChI is InChI=1S/C11H16ClNO2S/c1-16(14,15)9-8-13-11-4-2-10(3-5-11)6-7-12/h2-5,13H,6-9H2,1H3. The van der Waals surface area contributed by atoms with Gasteiger partial charge in [-0.25, -0.2) is 8.42 Å². The van der Waals surface area contributed by atoms with Gasteiger partial charge in [-0.1, -0.05) is 12.1 Å². The van der Waals surface area contributed by atoms with Crippen LogP contribution < -0.4 is 5.32 Å². The molecule has 0 atom stereocenters. The molecule has 1 rings (SSSR count). The van der Waals surface area contributed by atoms with Crippen LogP contribution in [0, 0.1) is 0 Å². The Morgan fingerprint density at radius 2 is 1.88 bits per heavy atom. The molecule has 0 amide bonds. The average Bonchev–Trinajstić information content (AvgIpc) is 2.19. The molecule has 0 saturated carbocycles. The molecule has 0 unspecified atom stereocenters. The van der Waals surface area contributed by atoms with Gasteiger partial charge in [0.1, 0.15) is 9.84 Å². The molecule has 0 spiro atoms. The summed E-state index contributed by atoms with van der Waals surface area (Å²) >= 11 is 5.63. The van der Waals surface area contributed by atoms with Crippen LogP contribution in [0.1, 0.15) is 5.56 Å². The molecule has 0 aliphatic rings. The van der Waals surface area contributed by atoms with Crippen molar-refractivity contribution < 1.29 is 8.42 Å². The Kier molecular flexibility index (Phi) is 5.09. The molecule has 1 aromatic rings. The topological polar surface area (TPSA) is 46.2 Å². The summed E-state index contributed by atoms with van der Waals surface area (Å²) in [6.45, 7) is 0.438. The van der Waals surface area contributed by atoms with Crippen molar-refractivity contribution in [2.45, 2.75) is 6.42 Å². The first-order valence-electron chi connectivity index (χ1n) is 5.08. The Morgan fingerprint density at radius 3 is 2.38 bits per heavy atom. The van der Waals surface area contributed by atoms with Crippen molar-refractivity contribution in [1.29, 1.82) is 0 Å². The zero-order valence-electron chi connectivity index (χ0n) is 9.24. The fourth-order valence-corrected chi connectivity index (χ4v) is 1.97. The predicted molar refractivity (Wildman–Crippen MR) is 69.1 cm³/mol. The average molecular weight is 262 g/mol. The zero-order valence-corrected chi connectivity index (χ0v) is 10.8. The molecule has 0 fully saturated rings. The fourth-order valence-electron chi connectivity index (χ4n) is 1.28. The van der Waals surface area contributed by atoms with Gasteiger partial charge >= 0.3 is 0 Å². The van der Waals surface area contributed by atoms with Crippen LogP contribution in [-0.4, -0.2) is 32.9 Å². The van der Waals surface area contributed by atoms with Gasteiger partial charge in [-0.15, -0.1) is 11.6 Å². The quantitative estimate of drug-likeness (QED) is 0.796. The number of alkyl halides is 1. The molecule has 3 nitrogen and oxygen atoms in total. The van der Waals surface area contributed by atoms with E-state index in [1.165, 1.54) is 11.8 Å². The van der Waals surface area contributed by atoms with Gasteiger partial charge in [-0.05, 0) is 24.1 Å². The largest absolute Gasteiger partial charge is 0.384 e. The van der Waals surface area contributed by atoms with Crippen molar-refractivity contribution in [3.8, 4) is 0 Å². The van der Waals surface area contributed by atoms with E-state index in [0.717, 1.165) is 12.1 Å². The summed E-state index contributed by atoms with van der Waals surface area (Å²) < 4.78 is 21.8. The molecule has 0 bridgehead atoms. The fraction of sp³-hybridized carbons (Fsp3) is 0.455. The van der Waals surface area contributed by atoms with Crippen molar-refractivity contribution in [2.75, 3.05) is 29.8 Å². The number of aryl methyl sites for hydroxylation is 1. The second-order valence-electron chi connectivity index (χ2n) is 3.69. The van der Waals surface area contributed by atoms with E-state index >= 15 is 0 Å². The highest BCUT2D eigenvalue weighted by Crippen LogP contribution is 2.10. The molecule has 1 aromatic carbocycles. The van der Waals surface area contributed by atoms with E-state index in [9.17, 15) is 8.42 Å². The SMILES string of the molecule is CS(=O)(=O)CCNc1ccc(CCCl)cc1. The summed E-state index contributed by atoms with van der Waals surface area (Å²) in [6.07, 6.45) is 2.09. The van der Waals surface area contributed by atoms with Gasteiger partial charge in [0.2, 0.25) is 0 Å². The minimum Gasteiger partial charge on any atom is -0.384 e. The Balaban J connectivity index is 2.43. The van der Waals surface area contributed by atoms with E-state index in [-0.39, 0.29) is 5.75 Å². The lowest BCUT2D eigenvalue weighted by atomic mass is 10.1. The molecular formula is C11H16ClNO2S. The number of benzene rings is 1. The van der Waals surface area contributed by atoms with E-state index in [2.05, 4.69) is 5.32 Å². The van der Waals surface area contributed by atoms with Gasteiger partial charge in [-0.3, -0.25) is 0 Å². The highest BCUT2D eigenvalue weighted by molar-refractivity contribution is 7.90. The van der Waals surface area contributed by atoms with Crippen LogP contribution >= 0.6 is 11.6 Å². The predicted octanol–water partition coefficient (Wildman–Crippen LogP) is 1.92. The summed E-state index contributed by atoms with van der Waals surface area (Å²) in [7, 11) is -2.89. The third-order valence-electron chi connectivity index (χ3n) is 2.14. The second-order valence-corrected chi connectivity index (χ2v) is 6.33. The van der Waals surface area contributed by atoms with Crippen LogP contribution in [0.3, 0.4) is 0 Å². The monoisotopic (exact) mass is 261 g/mol. The number of sulfone groups is 1. The number of nitrogens with one attached hydrogen (secondary N) is 1. The molecular weight excluding hydrogens is 246 g/mol. The van der Waals surface area contributed by atoms with Gasteiger partial charge in [0.25, 0.3) is 0 Å². The van der Waals surface area contributed by atoms with Crippen LogP contribution in [0.15, 0.2) is 24.3 Å². The second kappa shape index (κ2) is 6.11. The van der Waals surface area contributed by atoms with Gasteiger partial charge in [0.15, 0.2) is 0 Å². The highest BCUT2D eigenvalue weighted by Gasteiger charge is 2.01. The van der Waals surface area contributed by atoms with E-state index < -0.39 is 9.84 Å². The van der Waals surface area contributed by atoms with Crippen LogP contribution in [0.5, 0.6) is 0 Å². The summed E-state index contributed by atoms with van der Waals surface area (Å²) in [6, 6.07) is 7.85.